The molecular formula is C25H19ClF5N3O3S. The van der Waals surface area contributed by atoms with Gasteiger partial charge in [-0.15, -0.1) is 0 Å². The highest BCUT2D eigenvalue weighted by molar-refractivity contribution is 7.92. The van der Waals surface area contributed by atoms with Gasteiger partial charge in [-0.25, -0.2) is 17.4 Å². The van der Waals surface area contributed by atoms with Crippen molar-refractivity contribution in [2.24, 2.45) is 4.36 Å². The molecule has 1 aliphatic rings. The van der Waals surface area contributed by atoms with Gasteiger partial charge in [0.05, 0.1) is 17.4 Å². The summed E-state index contributed by atoms with van der Waals surface area (Å²) in [6, 6.07) is 6.65. The molecule has 0 radical (unpaired) electrons. The molecular weight excluding hydrogens is 553 g/mol. The molecule has 0 aromatic heterocycles. The van der Waals surface area contributed by atoms with E-state index in [1.54, 1.807) is 0 Å². The van der Waals surface area contributed by atoms with Crippen LogP contribution >= 0.6 is 11.6 Å². The van der Waals surface area contributed by atoms with Gasteiger partial charge in [0.2, 0.25) is 0 Å². The van der Waals surface area contributed by atoms with Crippen LogP contribution in [0.15, 0.2) is 52.9 Å². The Hall–Kier alpha value is -3.51. The number of alkyl halides is 3. The maximum absolute atomic E-state index is 14.1. The molecule has 0 aliphatic carbocycles. The zero-order chi connectivity index (χ0) is 28.0. The van der Waals surface area contributed by atoms with Crippen molar-refractivity contribution in [2.45, 2.75) is 18.0 Å². The van der Waals surface area contributed by atoms with Crippen LogP contribution in [0.2, 0.25) is 5.02 Å². The topological polar surface area (TPSA) is 87.6 Å². The number of nitrogens with one attached hydrogen (secondary N) is 2. The van der Waals surface area contributed by atoms with E-state index in [-0.39, 0.29) is 39.2 Å². The molecule has 0 fully saturated rings. The Morgan fingerprint density at radius 1 is 1.11 bits per heavy atom. The first-order chi connectivity index (χ1) is 17.7. The van der Waals surface area contributed by atoms with Crippen molar-refractivity contribution in [3.05, 3.63) is 98.6 Å². The molecule has 2 unspecified atom stereocenters. The first-order valence-corrected chi connectivity index (χ1v) is 13.4. The van der Waals surface area contributed by atoms with E-state index in [4.69, 9.17) is 11.6 Å². The molecule has 3 aromatic carbocycles. The van der Waals surface area contributed by atoms with Crippen molar-refractivity contribution < 1.29 is 35.8 Å². The SMILES string of the molecule is CN=S(C)(=O)Cc1cc(NC(=O)c2cc(F)cc(C(F)(F)F)c2)c2c(c1)C(=O)NC2c1cc(F)ccc1Cl. The van der Waals surface area contributed by atoms with Crippen LogP contribution in [0.25, 0.3) is 0 Å². The van der Waals surface area contributed by atoms with E-state index >= 15 is 0 Å². The highest BCUT2D eigenvalue weighted by Gasteiger charge is 2.36. The molecule has 13 heteroatoms. The Morgan fingerprint density at radius 3 is 2.47 bits per heavy atom. The van der Waals surface area contributed by atoms with Gasteiger partial charge in [-0.3, -0.25) is 9.59 Å². The van der Waals surface area contributed by atoms with Crippen molar-refractivity contribution in [1.29, 1.82) is 0 Å². The van der Waals surface area contributed by atoms with E-state index in [9.17, 15) is 35.8 Å². The van der Waals surface area contributed by atoms with Gasteiger partial charge in [-0.1, -0.05) is 11.6 Å². The number of hydrogen-bond donors (Lipinski definition) is 2. The highest BCUT2D eigenvalue weighted by atomic mass is 35.5. The maximum atomic E-state index is 14.1. The van der Waals surface area contributed by atoms with Crippen LogP contribution < -0.4 is 10.6 Å². The van der Waals surface area contributed by atoms with Crippen LogP contribution in [-0.4, -0.2) is 29.3 Å². The molecule has 0 bridgehead atoms. The normalized spacial score (nSPS) is 16.4. The maximum Gasteiger partial charge on any atom is 0.416 e. The number of anilines is 1. The molecule has 200 valence electrons. The second kappa shape index (κ2) is 9.99. The van der Waals surface area contributed by atoms with Crippen molar-refractivity contribution in [2.75, 3.05) is 18.6 Å². The predicted octanol–water partition coefficient (Wildman–Crippen LogP) is 5.95. The van der Waals surface area contributed by atoms with Gasteiger partial charge in [0.1, 0.15) is 11.6 Å². The quantitative estimate of drug-likeness (QED) is 0.371. The molecule has 38 heavy (non-hydrogen) atoms. The Bertz CT molecular complexity index is 1600. The van der Waals surface area contributed by atoms with Crippen molar-refractivity contribution >= 4 is 38.8 Å². The van der Waals surface area contributed by atoms with Crippen LogP contribution in [0.5, 0.6) is 0 Å². The van der Waals surface area contributed by atoms with Gasteiger partial charge >= 0.3 is 6.18 Å². The van der Waals surface area contributed by atoms with Crippen molar-refractivity contribution in [1.82, 2.24) is 5.32 Å². The number of benzene rings is 3. The fourth-order valence-corrected chi connectivity index (χ4v) is 5.24. The molecule has 0 saturated carbocycles. The van der Waals surface area contributed by atoms with Crippen LogP contribution in [-0.2, 0) is 21.7 Å². The Kier molecular flexibility index (Phi) is 7.23. The fraction of sp³-hybridized carbons (Fsp3) is 0.200. The summed E-state index contributed by atoms with van der Waals surface area (Å²) in [4.78, 5) is 25.9. The molecule has 2 N–H and O–H groups in total. The van der Waals surface area contributed by atoms with E-state index in [1.165, 1.54) is 31.5 Å². The zero-order valence-electron chi connectivity index (χ0n) is 19.8. The number of fused-ring (bicyclic) bond motifs is 1. The van der Waals surface area contributed by atoms with Gasteiger partial charge in [-0.05, 0) is 54.1 Å². The number of carbonyl (C=O) groups is 2. The van der Waals surface area contributed by atoms with E-state index in [0.717, 1.165) is 12.1 Å². The van der Waals surface area contributed by atoms with E-state index in [1.807, 2.05) is 0 Å². The molecule has 6 nitrogen and oxygen atoms in total. The van der Waals surface area contributed by atoms with Gasteiger partial charge in [-0.2, -0.15) is 13.2 Å². The first kappa shape index (κ1) is 27.5. The smallest absolute Gasteiger partial charge is 0.341 e. The number of carbonyl (C=O) groups excluding carboxylic acids is 2. The third-order valence-corrected chi connectivity index (χ3v) is 7.86. The summed E-state index contributed by atoms with van der Waals surface area (Å²) in [6.07, 6.45) is -3.52. The minimum atomic E-state index is -4.90. The Morgan fingerprint density at radius 2 is 1.82 bits per heavy atom. The van der Waals surface area contributed by atoms with Crippen molar-refractivity contribution in [3.63, 3.8) is 0 Å². The monoisotopic (exact) mass is 571 g/mol. The Balaban J connectivity index is 1.87. The second-order valence-corrected chi connectivity index (χ2v) is 11.6. The van der Waals surface area contributed by atoms with E-state index < -0.39 is 56.5 Å². The number of hydrogen-bond acceptors (Lipinski definition) is 4. The van der Waals surface area contributed by atoms with Crippen LogP contribution in [0.1, 0.15) is 49.0 Å². The lowest BCUT2D eigenvalue weighted by atomic mass is 9.94. The Labute approximate surface area is 219 Å². The van der Waals surface area contributed by atoms with Crippen molar-refractivity contribution in [3.8, 4) is 0 Å². The van der Waals surface area contributed by atoms with Crippen LogP contribution in [0, 0.1) is 11.6 Å². The minimum absolute atomic E-state index is 0.0460. The van der Waals surface area contributed by atoms with Gasteiger partial charge in [0.25, 0.3) is 11.8 Å². The van der Waals surface area contributed by atoms with E-state index in [2.05, 4.69) is 15.0 Å². The summed E-state index contributed by atoms with van der Waals surface area (Å²) in [5.41, 5.74) is -1.35. The number of amides is 2. The third kappa shape index (κ3) is 5.65. The van der Waals surface area contributed by atoms with E-state index in [0.29, 0.717) is 17.7 Å². The van der Waals surface area contributed by atoms with Gasteiger partial charge < -0.3 is 10.6 Å². The summed E-state index contributed by atoms with van der Waals surface area (Å²) < 4.78 is 84.0. The second-order valence-electron chi connectivity index (χ2n) is 8.64. The molecule has 0 spiro atoms. The minimum Gasteiger partial charge on any atom is -0.341 e. The lowest BCUT2D eigenvalue weighted by Crippen LogP contribution is -2.21. The molecule has 1 aliphatic heterocycles. The average Bonchev–Trinajstić information content (AvgIpc) is 3.15. The molecule has 0 saturated heterocycles. The summed E-state index contributed by atoms with van der Waals surface area (Å²) in [6.45, 7) is 0. The first-order valence-electron chi connectivity index (χ1n) is 10.9. The highest BCUT2D eigenvalue weighted by Crippen LogP contribution is 2.40. The van der Waals surface area contributed by atoms with Crippen LogP contribution in [0.4, 0.5) is 27.6 Å². The standard InChI is InChI=1S/C25H19ClF5N3O3S/c1-32-38(2,37)11-12-5-18-21(22(34-24(18)36)17-10-15(27)3-4-19(17)26)20(6-12)33-23(35)13-7-14(25(29,30)31)9-16(28)8-13/h3-10,22H,11H2,1-2H3,(H,33,35)(H,34,36). The summed E-state index contributed by atoms with van der Waals surface area (Å²) in [5.74, 6) is -3.75. The largest absolute Gasteiger partial charge is 0.416 e. The van der Waals surface area contributed by atoms with Gasteiger partial charge in [0, 0.05) is 56.0 Å². The molecule has 2 amide bonds. The van der Waals surface area contributed by atoms with Crippen LogP contribution in [0.3, 0.4) is 0 Å². The molecule has 2 atom stereocenters. The summed E-state index contributed by atoms with van der Waals surface area (Å²) in [7, 11) is -1.37. The molecule has 4 rings (SSSR count). The van der Waals surface area contributed by atoms with Gasteiger partial charge in [0.15, 0.2) is 0 Å². The lowest BCUT2D eigenvalue weighted by Gasteiger charge is -2.19. The molecule has 1 heterocycles. The number of halogens is 6. The number of rotatable bonds is 5. The lowest BCUT2D eigenvalue weighted by molar-refractivity contribution is -0.137. The summed E-state index contributed by atoms with van der Waals surface area (Å²) in [5, 5.41) is 5.20. The number of nitrogens with zero attached hydrogens (tertiary/aromatic N) is 1. The summed E-state index contributed by atoms with van der Waals surface area (Å²) >= 11 is 6.26. The average molecular weight is 572 g/mol. The predicted molar refractivity (Wildman–Crippen MR) is 133 cm³/mol. The fourth-order valence-electron chi connectivity index (χ4n) is 4.10. The molecule has 3 aromatic rings. The third-order valence-electron chi connectivity index (χ3n) is 5.87. The zero-order valence-corrected chi connectivity index (χ0v) is 21.3.